The topological polar surface area (TPSA) is 67.8 Å². The van der Waals surface area contributed by atoms with Crippen molar-refractivity contribution in [3.63, 3.8) is 0 Å². The minimum Gasteiger partial charge on any atom is -0.497 e. The average Bonchev–Trinajstić information content (AvgIpc) is 2.92. The molecule has 0 atom stereocenters. The van der Waals surface area contributed by atoms with Crippen LogP contribution in [0.4, 0.5) is 5.69 Å². The number of ether oxygens (including phenoxy) is 1. The van der Waals surface area contributed by atoms with Crippen LogP contribution in [0.2, 0.25) is 0 Å². The molecule has 0 aromatic heterocycles. The summed E-state index contributed by atoms with van der Waals surface area (Å²) in [6.45, 7) is 6.05. The zero-order chi connectivity index (χ0) is 20.3. The van der Waals surface area contributed by atoms with Crippen molar-refractivity contribution >= 4 is 23.1 Å². The molecule has 1 heterocycles. The van der Waals surface area contributed by atoms with Crippen LogP contribution in [0.25, 0.3) is 0 Å². The number of hydrogen-bond donors (Lipinski definition) is 1. The molecule has 1 amide bonds. The molecule has 0 spiro atoms. The van der Waals surface area contributed by atoms with E-state index in [0.717, 1.165) is 29.0 Å². The van der Waals surface area contributed by atoms with E-state index in [9.17, 15) is 9.59 Å². The number of carbonyl (C=O) groups excluding carboxylic acids is 2. The Morgan fingerprint density at radius 2 is 1.82 bits per heavy atom. The number of nitrogens with zero attached hydrogens (tertiary/aromatic N) is 1. The smallest absolute Gasteiger partial charge is 0.224 e. The number of ketones is 1. The van der Waals surface area contributed by atoms with Crippen LogP contribution in [0.1, 0.15) is 61.5 Å². The molecule has 28 heavy (non-hydrogen) atoms. The van der Waals surface area contributed by atoms with Crippen molar-refractivity contribution in [1.82, 2.24) is 0 Å². The number of Topliss-reactive ketones (excluding diaryl/α,β-unsaturated/α-hetero) is 1. The molecule has 0 unspecified atom stereocenters. The number of hydrogen-bond acceptors (Lipinski definition) is 4. The molecule has 0 fully saturated rings. The molecule has 3 rings (SSSR count). The number of carbonyl (C=O) groups is 2. The summed E-state index contributed by atoms with van der Waals surface area (Å²) in [5, 5.41) is 2.83. The van der Waals surface area contributed by atoms with Crippen LogP contribution in [-0.2, 0) is 10.3 Å². The van der Waals surface area contributed by atoms with Crippen LogP contribution < -0.4 is 10.1 Å². The average molecular weight is 378 g/mol. The van der Waals surface area contributed by atoms with Crippen molar-refractivity contribution in [2.45, 2.75) is 45.6 Å². The monoisotopic (exact) mass is 378 g/mol. The molecule has 0 bridgehead atoms. The molecule has 146 valence electrons. The van der Waals surface area contributed by atoms with Crippen LogP contribution in [0.3, 0.4) is 0 Å². The van der Waals surface area contributed by atoms with Crippen molar-refractivity contribution < 1.29 is 14.3 Å². The van der Waals surface area contributed by atoms with E-state index in [-0.39, 0.29) is 23.7 Å². The Morgan fingerprint density at radius 3 is 2.46 bits per heavy atom. The molecule has 0 aliphatic carbocycles. The Bertz CT molecular complexity index is 927. The summed E-state index contributed by atoms with van der Waals surface area (Å²) in [6.07, 6.45) is 1.51. The number of anilines is 1. The van der Waals surface area contributed by atoms with Gasteiger partial charge in [0.1, 0.15) is 5.75 Å². The summed E-state index contributed by atoms with van der Waals surface area (Å²) in [5.74, 6) is 0.732. The molecule has 2 aromatic rings. The highest BCUT2D eigenvalue weighted by Crippen LogP contribution is 2.37. The van der Waals surface area contributed by atoms with Crippen LogP contribution >= 0.6 is 0 Å². The largest absolute Gasteiger partial charge is 0.497 e. The Labute approximate surface area is 165 Å². The minimum absolute atomic E-state index is 0.00310. The van der Waals surface area contributed by atoms with Crippen LogP contribution in [0.15, 0.2) is 47.5 Å². The highest BCUT2D eigenvalue weighted by atomic mass is 16.5. The molecule has 2 aromatic carbocycles. The van der Waals surface area contributed by atoms with Crippen molar-refractivity contribution in [2.24, 2.45) is 4.99 Å². The van der Waals surface area contributed by atoms with Gasteiger partial charge in [-0.05, 0) is 62.2 Å². The number of methoxy groups -OCH3 is 1. The zero-order valence-corrected chi connectivity index (χ0v) is 16.8. The Kier molecular flexibility index (Phi) is 5.63. The zero-order valence-electron chi connectivity index (χ0n) is 16.8. The standard InChI is InChI=1S/C23H26N2O3/c1-5-6-22(27)24-16-9-7-15(8-10-16)21(26)14-20-18-13-17(28-4)11-12-19(18)23(2,3)25-20/h7-13H,5-6,14H2,1-4H3,(H,24,27). The summed E-state index contributed by atoms with van der Waals surface area (Å²) in [4.78, 5) is 29.3. The molecule has 0 saturated heterocycles. The van der Waals surface area contributed by atoms with Gasteiger partial charge in [0.25, 0.3) is 0 Å². The van der Waals surface area contributed by atoms with E-state index in [1.54, 1.807) is 31.4 Å². The molecule has 0 radical (unpaired) electrons. The highest BCUT2D eigenvalue weighted by molar-refractivity contribution is 6.17. The Morgan fingerprint density at radius 1 is 1.11 bits per heavy atom. The fraction of sp³-hybridized carbons (Fsp3) is 0.348. The van der Waals surface area contributed by atoms with E-state index in [4.69, 9.17) is 9.73 Å². The van der Waals surface area contributed by atoms with E-state index in [0.29, 0.717) is 17.7 Å². The van der Waals surface area contributed by atoms with Gasteiger partial charge in [0.05, 0.1) is 24.8 Å². The summed E-state index contributed by atoms with van der Waals surface area (Å²) in [6, 6.07) is 12.9. The van der Waals surface area contributed by atoms with E-state index in [2.05, 4.69) is 5.32 Å². The lowest BCUT2D eigenvalue weighted by molar-refractivity contribution is -0.116. The summed E-state index contributed by atoms with van der Waals surface area (Å²) in [7, 11) is 1.63. The Balaban J connectivity index is 1.76. The van der Waals surface area contributed by atoms with Gasteiger partial charge in [-0.25, -0.2) is 0 Å². The molecule has 0 saturated carbocycles. The SMILES string of the molecule is CCCC(=O)Nc1ccc(C(=O)CC2=NC(C)(C)c3ccc(OC)cc32)cc1. The minimum atomic E-state index is -0.357. The fourth-order valence-electron chi connectivity index (χ4n) is 3.46. The van der Waals surface area contributed by atoms with Gasteiger partial charge in [-0.2, -0.15) is 0 Å². The number of fused-ring (bicyclic) bond motifs is 1. The maximum Gasteiger partial charge on any atom is 0.224 e. The first-order valence-electron chi connectivity index (χ1n) is 9.55. The third-order valence-electron chi connectivity index (χ3n) is 4.91. The first-order chi connectivity index (χ1) is 13.3. The number of nitrogens with one attached hydrogen (secondary N) is 1. The van der Waals surface area contributed by atoms with Gasteiger partial charge >= 0.3 is 0 Å². The van der Waals surface area contributed by atoms with Crippen molar-refractivity contribution in [1.29, 1.82) is 0 Å². The molecule has 1 aliphatic heterocycles. The Hall–Kier alpha value is -2.95. The van der Waals surface area contributed by atoms with Crippen LogP contribution in [0, 0.1) is 0 Å². The quantitative estimate of drug-likeness (QED) is 0.707. The number of benzene rings is 2. The lowest BCUT2D eigenvalue weighted by Crippen LogP contribution is -2.11. The second-order valence-corrected chi connectivity index (χ2v) is 7.50. The summed E-state index contributed by atoms with van der Waals surface area (Å²) in [5.41, 5.74) is 3.80. The number of aliphatic imine (C=N–C) groups is 1. The molecular weight excluding hydrogens is 352 g/mol. The third-order valence-corrected chi connectivity index (χ3v) is 4.91. The van der Waals surface area contributed by atoms with E-state index < -0.39 is 0 Å². The summed E-state index contributed by atoms with van der Waals surface area (Å²) >= 11 is 0. The van der Waals surface area contributed by atoms with E-state index in [1.165, 1.54) is 0 Å². The third kappa shape index (κ3) is 4.14. The molecular formula is C23H26N2O3. The van der Waals surface area contributed by atoms with Gasteiger partial charge in [-0.3, -0.25) is 14.6 Å². The number of rotatable bonds is 7. The number of amides is 1. The van der Waals surface area contributed by atoms with Crippen molar-refractivity contribution in [3.05, 3.63) is 59.2 Å². The highest BCUT2D eigenvalue weighted by Gasteiger charge is 2.32. The molecule has 5 nitrogen and oxygen atoms in total. The van der Waals surface area contributed by atoms with Crippen molar-refractivity contribution in [3.8, 4) is 5.75 Å². The lowest BCUT2D eigenvalue weighted by atomic mass is 9.91. The van der Waals surface area contributed by atoms with Crippen LogP contribution in [0.5, 0.6) is 5.75 Å². The first-order valence-corrected chi connectivity index (χ1v) is 9.55. The molecule has 1 N–H and O–H groups in total. The first kappa shape index (κ1) is 19.8. The fourth-order valence-corrected chi connectivity index (χ4v) is 3.46. The summed E-state index contributed by atoms with van der Waals surface area (Å²) < 4.78 is 5.33. The predicted octanol–water partition coefficient (Wildman–Crippen LogP) is 4.74. The van der Waals surface area contributed by atoms with Gasteiger partial charge in [0.2, 0.25) is 5.91 Å². The lowest BCUT2D eigenvalue weighted by Gasteiger charge is -2.16. The van der Waals surface area contributed by atoms with E-state index in [1.807, 2.05) is 39.0 Å². The maximum absolute atomic E-state index is 12.8. The van der Waals surface area contributed by atoms with Crippen molar-refractivity contribution in [2.75, 3.05) is 12.4 Å². The second-order valence-electron chi connectivity index (χ2n) is 7.50. The van der Waals surface area contributed by atoms with Gasteiger partial charge in [-0.1, -0.05) is 13.0 Å². The molecule has 5 heteroatoms. The second kappa shape index (κ2) is 7.97. The van der Waals surface area contributed by atoms with E-state index >= 15 is 0 Å². The van der Waals surface area contributed by atoms with Gasteiger partial charge < -0.3 is 10.1 Å². The van der Waals surface area contributed by atoms with Crippen LogP contribution in [-0.4, -0.2) is 24.5 Å². The van der Waals surface area contributed by atoms with Gasteiger partial charge in [0, 0.05) is 23.2 Å². The maximum atomic E-state index is 12.8. The van der Waals surface area contributed by atoms with Gasteiger partial charge in [0.15, 0.2) is 5.78 Å². The normalized spacial score (nSPS) is 14.2. The molecule has 1 aliphatic rings. The van der Waals surface area contributed by atoms with Gasteiger partial charge in [-0.15, -0.1) is 0 Å². The predicted molar refractivity (Wildman–Crippen MR) is 111 cm³/mol.